The van der Waals surface area contributed by atoms with E-state index in [1.54, 1.807) is 4.90 Å². The smallest absolute Gasteiger partial charge is 0.307 e. The molecule has 2 fully saturated rings. The topological polar surface area (TPSA) is 77.8 Å². The molecule has 0 aromatic carbocycles. The van der Waals surface area contributed by atoms with Gasteiger partial charge in [-0.2, -0.15) is 0 Å². The molecule has 2 N–H and O–H groups in total. The molecule has 0 aromatic rings. The maximum absolute atomic E-state index is 12.4. The number of carboxylic acids is 1. The Kier molecular flexibility index (Phi) is 3.90. The number of likely N-dealkylation sites (tertiary alicyclic amines) is 1. The van der Waals surface area contributed by atoms with Crippen LogP contribution in [0.25, 0.3) is 0 Å². The van der Waals surface area contributed by atoms with E-state index in [1.165, 1.54) is 0 Å². The van der Waals surface area contributed by atoms with Gasteiger partial charge in [-0.15, -0.1) is 0 Å². The number of rotatable bonds is 2. The predicted octanol–water partition coefficient (Wildman–Crippen LogP) is 0.717. The van der Waals surface area contributed by atoms with Crippen LogP contribution in [0.5, 0.6) is 0 Å². The average molecular weight is 255 g/mol. The van der Waals surface area contributed by atoms with E-state index < -0.39 is 23.9 Å². The molecule has 1 aliphatic carbocycles. The minimum Gasteiger partial charge on any atom is -0.481 e. The Balaban J connectivity index is 2.05. The molecular formula is C13H21NO4. The summed E-state index contributed by atoms with van der Waals surface area (Å²) >= 11 is 0. The number of carbonyl (C=O) groups excluding carboxylic acids is 1. The predicted molar refractivity (Wildman–Crippen MR) is 64.8 cm³/mol. The number of aliphatic hydroxyl groups is 1. The summed E-state index contributed by atoms with van der Waals surface area (Å²) in [6, 6.07) is 0. The van der Waals surface area contributed by atoms with Crippen LogP contribution < -0.4 is 0 Å². The third-order valence-corrected chi connectivity index (χ3v) is 4.14. The highest BCUT2D eigenvalue weighted by atomic mass is 16.4. The van der Waals surface area contributed by atoms with Crippen molar-refractivity contribution in [2.45, 2.75) is 38.7 Å². The van der Waals surface area contributed by atoms with Crippen molar-refractivity contribution in [2.75, 3.05) is 13.1 Å². The zero-order valence-electron chi connectivity index (χ0n) is 10.7. The Bertz CT molecular complexity index is 344. The van der Waals surface area contributed by atoms with Crippen LogP contribution in [-0.4, -0.2) is 46.2 Å². The van der Waals surface area contributed by atoms with Crippen LogP contribution in [0, 0.1) is 17.8 Å². The van der Waals surface area contributed by atoms with E-state index in [-0.39, 0.29) is 11.8 Å². The molecule has 1 amide bonds. The van der Waals surface area contributed by atoms with Gasteiger partial charge in [0.1, 0.15) is 0 Å². The molecular weight excluding hydrogens is 234 g/mol. The van der Waals surface area contributed by atoms with Gasteiger partial charge in [0, 0.05) is 13.1 Å². The molecule has 1 saturated heterocycles. The van der Waals surface area contributed by atoms with Crippen molar-refractivity contribution in [1.29, 1.82) is 0 Å². The Morgan fingerprint density at radius 2 is 1.89 bits per heavy atom. The van der Waals surface area contributed by atoms with E-state index in [9.17, 15) is 19.8 Å². The number of amides is 1. The molecule has 4 atom stereocenters. The number of hydrogen-bond acceptors (Lipinski definition) is 3. The van der Waals surface area contributed by atoms with Crippen LogP contribution in [0.15, 0.2) is 0 Å². The zero-order chi connectivity index (χ0) is 13.3. The summed E-state index contributed by atoms with van der Waals surface area (Å²) < 4.78 is 0. The van der Waals surface area contributed by atoms with Crippen molar-refractivity contribution in [3.63, 3.8) is 0 Å². The molecule has 2 rings (SSSR count). The second-order valence-corrected chi connectivity index (χ2v) is 5.71. The summed E-state index contributed by atoms with van der Waals surface area (Å²) in [5.41, 5.74) is 0. The highest BCUT2D eigenvalue weighted by Gasteiger charge is 2.43. The molecule has 0 aromatic heterocycles. The number of aliphatic carboxylic acids is 1. The van der Waals surface area contributed by atoms with E-state index in [4.69, 9.17) is 0 Å². The van der Waals surface area contributed by atoms with E-state index in [1.807, 2.05) is 6.92 Å². The van der Waals surface area contributed by atoms with Gasteiger partial charge in [-0.25, -0.2) is 0 Å². The van der Waals surface area contributed by atoms with Crippen LogP contribution in [0.4, 0.5) is 0 Å². The lowest BCUT2D eigenvalue weighted by Crippen LogP contribution is -2.46. The van der Waals surface area contributed by atoms with Gasteiger partial charge in [-0.3, -0.25) is 9.59 Å². The lowest BCUT2D eigenvalue weighted by molar-refractivity contribution is -0.150. The molecule has 0 radical (unpaired) electrons. The summed E-state index contributed by atoms with van der Waals surface area (Å²) in [6.45, 7) is 3.00. The molecule has 102 valence electrons. The first kappa shape index (κ1) is 13.3. The monoisotopic (exact) mass is 255 g/mol. The molecule has 5 nitrogen and oxygen atoms in total. The Hall–Kier alpha value is -1.10. The van der Waals surface area contributed by atoms with Crippen molar-refractivity contribution < 1.29 is 19.8 Å². The van der Waals surface area contributed by atoms with Gasteiger partial charge in [0.15, 0.2) is 0 Å². The number of carbonyl (C=O) groups is 2. The molecule has 5 heteroatoms. The van der Waals surface area contributed by atoms with Crippen LogP contribution in [0.1, 0.15) is 32.6 Å². The van der Waals surface area contributed by atoms with E-state index in [0.29, 0.717) is 25.9 Å². The number of hydrogen-bond donors (Lipinski definition) is 2. The lowest BCUT2D eigenvalue weighted by atomic mass is 9.93. The Morgan fingerprint density at radius 3 is 2.50 bits per heavy atom. The summed E-state index contributed by atoms with van der Waals surface area (Å²) in [5.74, 6) is -1.61. The average Bonchev–Trinajstić information content (AvgIpc) is 2.70. The van der Waals surface area contributed by atoms with Gasteiger partial charge >= 0.3 is 5.97 Å². The van der Waals surface area contributed by atoms with Gasteiger partial charge in [0.05, 0.1) is 17.9 Å². The second kappa shape index (κ2) is 5.26. The summed E-state index contributed by atoms with van der Waals surface area (Å²) in [5, 5.41) is 18.8. The van der Waals surface area contributed by atoms with Crippen molar-refractivity contribution >= 4 is 11.9 Å². The Morgan fingerprint density at radius 1 is 1.22 bits per heavy atom. The standard InChI is InChI=1S/C13H21NO4/c1-8-5-10(11(6-8)13(17)18)12(16)14-4-2-3-9(15)7-14/h8-11,15H,2-7H2,1H3,(H,17,18)/t8?,9?,10-,11+/m0/s1. The molecule has 1 saturated carbocycles. The van der Waals surface area contributed by atoms with Crippen molar-refractivity contribution in [3.8, 4) is 0 Å². The zero-order valence-corrected chi connectivity index (χ0v) is 10.7. The first-order chi connectivity index (χ1) is 8.49. The third-order valence-electron chi connectivity index (χ3n) is 4.14. The minimum absolute atomic E-state index is 0.0782. The first-order valence-electron chi connectivity index (χ1n) is 6.68. The lowest BCUT2D eigenvalue weighted by Gasteiger charge is -2.32. The minimum atomic E-state index is -0.866. The second-order valence-electron chi connectivity index (χ2n) is 5.71. The summed E-state index contributed by atoms with van der Waals surface area (Å²) in [7, 11) is 0. The van der Waals surface area contributed by atoms with E-state index >= 15 is 0 Å². The van der Waals surface area contributed by atoms with Gasteiger partial charge in [0.2, 0.25) is 5.91 Å². The fourth-order valence-electron chi connectivity index (χ4n) is 3.23. The van der Waals surface area contributed by atoms with Gasteiger partial charge in [-0.1, -0.05) is 6.92 Å². The number of β-amino-alcohol motifs (C(OH)–C–C–N with tert-alkyl or cyclic N) is 1. The number of carboxylic acid groups (broad SMARTS) is 1. The van der Waals surface area contributed by atoms with Gasteiger partial charge in [-0.05, 0) is 31.6 Å². The van der Waals surface area contributed by atoms with E-state index in [2.05, 4.69) is 0 Å². The quantitative estimate of drug-likeness (QED) is 0.762. The van der Waals surface area contributed by atoms with Gasteiger partial charge in [0.25, 0.3) is 0 Å². The summed E-state index contributed by atoms with van der Waals surface area (Å²) in [6.07, 6.45) is 2.31. The molecule has 0 spiro atoms. The number of aliphatic hydroxyl groups excluding tert-OH is 1. The number of piperidine rings is 1. The fraction of sp³-hybridized carbons (Fsp3) is 0.846. The largest absolute Gasteiger partial charge is 0.481 e. The highest BCUT2D eigenvalue weighted by Crippen LogP contribution is 2.37. The van der Waals surface area contributed by atoms with Crippen LogP contribution in [-0.2, 0) is 9.59 Å². The molecule has 1 aliphatic heterocycles. The summed E-state index contributed by atoms with van der Waals surface area (Å²) in [4.78, 5) is 25.2. The highest BCUT2D eigenvalue weighted by molar-refractivity contribution is 5.85. The fourth-order valence-corrected chi connectivity index (χ4v) is 3.23. The molecule has 1 heterocycles. The molecule has 0 bridgehead atoms. The van der Waals surface area contributed by atoms with Crippen LogP contribution in [0.3, 0.4) is 0 Å². The normalized spacial score (nSPS) is 36.7. The number of nitrogens with zero attached hydrogens (tertiary/aromatic N) is 1. The maximum atomic E-state index is 12.4. The molecule has 18 heavy (non-hydrogen) atoms. The maximum Gasteiger partial charge on any atom is 0.307 e. The van der Waals surface area contributed by atoms with Gasteiger partial charge < -0.3 is 15.1 Å². The van der Waals surface area contributed by atoms with Crippen LogP contribution in [0.2, 0.25) is 0 Å². The van der Waals surface area contributed by atoms with Crippen LogP contribution >= 0.6 is 0 Å². The SMILES string of the molecule is CC1C[C@H](C(=O)N2CCCC(O)C2)[C@H](C(=O)O)C1. The third kappa shape index (κ3) is 2.66. The van der Waals surface area contributed by atoms with Crippen molar-refractivity contribution in [2.24, 2.45) is 17.8 Å². The Labute approximate surface area is 107 Å². The first-order valence-corrected chi connectivity index (χ1v) is 6.68. The van der Waals surface area contributed by atoms with Crippen molar-refractivity contribution in [1.82, 2.24) is 4.90 Å². The van der Waals surface area contributed by atoms with Crippen molar-refractivity contribution in [3.05, 3.63) is 0 Å². The molecule has 2 aliphatic rings. The molecule has 2 unspecified atom stereocenters. The van der Waals surface area contributed by atoms with E-state index in [0.717, 1.165) is 12.8 Å².